The molecule has 3 N–H and O–H groups in total. The second-order valence-corrected chi connectivity index (χ2v) is 6.60. The van der Waals surface area contributed by atoms with E-state index in [0.717, 1.165) is 19.3 Å². The van der Waals surface area contributed by atoms with Crippen LogP contribution in [-0.4, -0.2) is 49.5 Å². The Labute approximate surface area is 153 Å². The standard InChI is InChI=1S/C18H26ClN3O3/c1-2-10-25-16-6-5-14(19)11-15(16)18(24)22-9-3-4-13(12-22)17(23)21-8-7-20/h5-6,11,13H,2-4,7-10,12,20H2,1H3,(H,21,23). The Hall–Kier alpha value is -1.79. The number of ether oxygens (including phenoxy) is 1. The minimum absolute atomic E-state index is 0.0449. The van der Waals surface area contributed by atoms with E-state index in [1.165, 1.54) is 0 Å². The molecule has 1 aliphatic heterocycles. The van der Waals surface area contributed by atoms with E-state index in [0.29, 0.717) is 49.1 Å². The van der Waals surface area contributed by atoms with Crippen molar-refractivity contribution in [3.05, 3.63) is 28.8 Å². The van der Waals surface area contributed by atoms with Crippen molar-refractivity contribution in [3.63, 3.8) is 0 Å². The number of piperidine rings is 1. The van der Waals surface area contributed by atoms with E-state index in [-0.39, 0.29) is 17.7 Å². The van der Waals surface area contributed by atoms with Gasteiger partial charge in [-0.05, 0) is 37.5 Å². The van der Waals surface area contributed by atoms with E-state index in [4.69, 9.17) is 22.1 Å². The lowest BCUT2D eigenvalue weighted by atomic mass is 9.96. The van der Waals surface area contributed by atoms with E-state index in [9.17, 15) is 9.59 Å². The third kappa shape index (κ3) is 5.34. The molecule has 1 aliphatic rings. The van der Waals surface area contributed by atoms with Gasteiger partial charge in [0.15, 0.2) is 0 Å². The fourth-order valence-corrected chi connectivity index (χ4v) is 3.06. The number of hydrogen-bond acceptors (Lipinski definition) is 4. The largest absolute Gasteiger partial charge is 0.493 e. The molecule has 25 heavy (non-hydrogen) atoms. The van der Waals surface area contributed by atoms with Crippen molar-refractivity contribution in [1.29, 1.82) is 0 Å². The molecule has 0 bridgehead atoms. The summed E-state index contributed by atoms with van der Waals surface area (Å²) in [6.07, 6.45) is 2.41. The summed E-state index contributed by atoms with van der Waals surface area (Å²) in [4.78, 5) is 26.8. The fourth-order valence-electron chi connectivity index (χ4n) is 2.89. The Kier molecular flexibility index (Phi) is 7.52. The maximum atomic E-state index is 13.0. The van der Waals surface area contributed by atoms with E-state index < -0.39 is 0 Å². The highest BCUT2D eigenvalue weighted by molar-refractivity contribution is 6.31. The molecule has 6 nitrogen and oxygen atoms in total. The topological polar surface area (TPSA) is 84.7 Å². The van der Waals surface area contributed by atoms with Gasteiger partial charge in [0.25, 0.3) is 5.91 Å². The Balaban J connectivity index is 2.11. The van der Waals surface area contributed by atoms with Gasteiger partial charge in [-0.15, -0.1) is 0 Å². The first-order valence-electron chi connectivity index (χ1n) is 8.76. The van der Waals surface area contributed by atoms with Gasteiger partial charge in [-0.3, -0.25) is 9.59 Å². The second-order valence-electron chi connectivity index (χ2n) is 6.16. The molecule has 0 radical (unpaired) electrons. The molecule has 138 valence electrons. The number of likely N-dealkylation sites (tertiary alicyclic amines) is 1. The van der Waals surface area contributed by atoms with Crippen LogP contribution >= 0.6 is 11.6 Å². The van der Waals surface area contributed by atoms with Gasteiger partial charge in [0.1, 0.15) is 5.75 Å². The number of rotatable bonds is 7. The number of benzene rings is 1. The van der Waals surface area contributed by atoms with E-state index >= 15 is 0 Å². The molecule has 2 amide bonds. The highest BCUT2D eigenvalue weighted by Crippen LogP contribution is 2.27. The zero-order valence-corrected chi connectivity index (χ0v) is 15.3. The molecule has 1 unspecified atom stereocenters. The van der Waals surface area contributed by atoms with Gasteiger partial charge in [0.05, 0.1) is 18.1 Å². The summed E-state index contributed by atoms with van der Waals surface area (Å²) in [6, 6.07) is 5.07. The summed E-state index contributed by atoms with van der Waals surface area (Å²) in [5, 5.41) is 3.29. The van der Waals surface area contributed by atoms with Crippen molar-refractivity contribution in [3.8, 4) is 5.75 Å². The van der Waals surface area contributed by atoms with Crippen molar-refractivity contribution in [2.24, 2.45) is 11.7 Å². The molecule has 7 heteroatoms. The summed E-state index contributed by atoms with van der Waals surface area (Å²) < 4.78 is 5.68. The lowest BCUT2D eigenvalue weighted by Gasteiger charge is -2.32. The lowest BCUT2D eigenvalue weighted by Crippen LogP contribution is -2.46. The first-order valence-corrected chi connectivity index (χ1v) is 9.14. The van der Waals surface area contributed by atoms with Gasteiger partial charge in [-0.25, -0.2) is 0 Å². The highest BCUT2D eigenvalue weighted by atomic mass is 35.5. The van der Waals surface area contributed by atoms with Gasteiger partial charge in [0, 0.05) is 31.2 Å². The smallest absolute Gasteiger partial charge is 0.257 e. The molecule has 1 saturated heterocycles. The highest BCUT2D eigenvalue weighted by Gasteiger charge is 2.30. The molecule has 2 rings (SSSR count). The minimum atomic E-state index is -0.205. The molecule has 1 aromatic carbocycles. The van der Waals surface area contributed by atoms with Gasteiger partial charge in [-0.1, -0.05) is 18.5 Å². The van der Waals surface area contributed by atoms with Crippen LogP contribution in [0.2, 0.25) is 5.02 Å². The van der Waals surface area contributed by atoms with Crippen LogP contribution in [0.3, 0.4) is 0 Å². The molecule has 1 heterocycles. The van der Waals surface area contributed by atoms with Crippen molar-refractivity contribution in [2.45, 2.75) is 26.2 Å². The van der Waals surface area contributed by atoms with Crippen LogP contribution in [0.1, 0.15) is 36.5 Å². The predicted octanol–water partition coefficient (Wildman–Crippen LogP) is 2.06. The molecule has 0 spiro atoms. The third-order valence-corrected chi connectivity index (χ3v) is 4.39. The van der Waals surface area contributed by atoms with Gasteiger partial charge < -0.3 is 20.7 Å². The van der Waals surface area contributed by atoms with Crippen molar-refractivity contribution >= 4 is 23.4 Å². The zero-order valence-electron chi connectivity index (χ0n) is 14.6. The van der Waals surface area contributed by atoms with Gasteiger partial charge in [-0.2, -0.15) is 0 Å². The van der Waals surface area contributed by atoms with E-state index in [1.54, 1.807) is 23.1 Å². The van der Waals surface area contributed by atoms with E-state index in [2.05, 4.69) is 5.32 Å². The molecule has 1 fully saturated rings. The van der Waals surface area contributed by atoms with Crippen molar-refractivity contribution < 1.29 is 14.3 Å². The van der Waals surface area contributed by atoms with Crippen LogP contribution in [0.15, 0.2) is 18.2 Å². The second kappa shape index (κ2) is 9.63. The lowest BCUT2D eigenvalue weighted by molar-refractivity contribution is -0.126. The van der Waals surface area contributed by atoms with Crippen molar-refractivity contribution in [1.82, 2.24) is 10.2 Å². The average molecular weight is 368 g/mol. The quantitative estimate of drug-likeness (QED) is 0.772. The number of nitrogens with two attached hydrogens (primary N) is 1. The molecular formula is C18H26ClN3O3. The normalized spacial score (nSPS) is 17.2. The summed E-state index contributed by atoms with van der Waals surface area (Å²) in [5.41, 5.74) is 5.87. The maximum absolute atomic E-state index is 13.0. The third-order valence-electron chi connectivity index (χ3n) is 4.16. The first-order chi connectivity index (χ1) is 12.1. The predicted molar refractivity (Wildman–Crippen MR) is 97.9 cm³/mol. The Morgan fingerprint density at radius 3 is 2.96 bits per heavy atom. The van der Waals surface area contributed by atoms with Crippen LogP contribution in [0.5, 0.6) is 5.75 Å². The molecule has 1 aromatic rings. The number of nitrogens with one attached hydrogen (secondary N) is 1. The average Bonchev–Trinajstić information content (AvgIpc) is 2.64. The maximum Gasteiger partial charge on any atom is 0.257 e. The fraction of sp³-hybridized carbons (Fsp3) is 0.556. The molecule has 0 saturated carbocycles. The number of nitrogens with zero attached hydrogens (tertiary/aromatic N) is 1. The van der Waals surface area contributed by atoms with Crippen LogP contribution < -0.4 is 15.8 Å². The van der Waals surface area contributed by atoms with Gasteiger partial charge >= 0.3 is 0 Å². The summed E-state index contributed by atoms with van der Waals surface area (Å²) in [5.74, 6) is 0.135. The SMILES string of the molecule is CCCOc1ccc(Cl)cc1C(=O)N1CCCC(C(=O)NCCN)C1. The monoisotopic (exact) mass is 367 g/mol. The molecule has 0 aromatic heterocycles. The number of carbonyl (C=O) groups excluding carboxylic acids is 2. The summed E-state index contributed by atoms with van der Waals surface area (Å²) in [7, 11) is 0. The van der Waals surface area contributed by atoms with Gasteiger partial charge in [0.2, 0.25) is 5.91 Å². The van der Waals surface area contributed by atoms with Crippen LogP contribution in [0, 0.1) is 5.92 Å². The number of carbonyl (C=O) groups is 2. The van der Waals surface area contributed by atoms with Crippen LogP contribution in [-0.2, 0) is 4.79 Å². The molecule has 0 aliphatic carbocycles. The summed E-state index contributed by atoms with van der Waals surface area (Å²) in [6.45, 7) is 4.42. The zero-order chi connectivity index (χ0) is 18.2. The van der Waals surface area contributed by atoms with E-state index in [1.807, 2.05) is 6.92 Å². The van der Waals surface area contributed by atoms with Crippen LogP contribution in [0.4, 0.5) is 0 Å². The molecular weight excluding hydrogens is 342 g/mol. The van der Waals surface area contributed by atoms with Crippen LogP contribution in [0.25, 0.3) is 0 Å². The minimum Gasteiger partial charge on any atom is -0.493 e. The first kappa shape index (κ1) is 19.5. The number of hydrogen-bond donors (Lipinski definition) is 2. The Morgan fingerprint density at radius 1 is 1.44 bits per heavy atom. The summed E-state index contributed by atoms with van der Waals surface area (Å²) >= 11 is 6.07. The van der Waals surface area contributed by atoms with Crippen molar-refractivity contribution in [2.75, 3.05) is 32.8 Å². The Morgan fingerprint density at radius 2 is 2.24 bits per heavy atom. The Bertz CT molecular complexity index is 609. The number of halogens is 1. The number of amides is 2. The molecule has 1 atom stereocenters.